The topological polar surface area (TPSA) is 32.3 Å². The number of allylic oxidation sites excluding steroid dienone is 3. The van der Waals surface area contributed by atoms with Gasteiger partial charge >= 0.3 is 0 Å². The van der Waals surface area contributed by atoms with Gasteiger partial charge in [-0.3, -0.25) is 9.80 Å². The van der Waals surface area contributed by atoms with Crippen molar-refractivity contribution in [3.8, 4) is 0 Å². The summed E-state index contributed by atoms with van der Waals surface area (Å²) in [6, 6.07) is 33.2. The number of rotatable bonds is 6. The molecule has 2 aliphatic carbocycles. The number of hydrogen-bond donors (Lipinski definition) is 0. The van der Waals surface area contributed by atoms with E-state index in [0.717, 1.165) is 47.0 Å². The first-order valence-electron chi connectivity index (χ1n) is 16.4. The maximum absolute atomic E-state index is 4.93. The van der Waals surface area contributed by atoms with Gasteiger partial charge in [0.15, 0.2) is 0 Å². The molecule has 46 heavy (non-hydrogen) atoms. The Morgan fingerprint density at radius 1 is 0.696 bits per heavy atom. The molecule has 0 saturated carbocycles. The van der Waals surface area contributed by atoms with Crippen molar-refractivity contribution in [1.29, 1.82) is 0 Å². The Labute approximate surface area is 271 Å². The van der Waals surface area contributed by atoms with Crippen molar-refractivity contribution in [3.05, 3.63) is 149 Å². The van der Waals surface area contributed by atoms with Crippen LogP contribution in [0.15, 0.2) is 127 Å². The Kier molecular flexibility index (Phi) is 6.94. The third-order valence-electron chi connectivity index (χ3n) is 9.59. The van der Waals surface area contributed by atoms with Crippen LogP contribution in [0.3, 0.4) is 0 Å². The molecule has 226 valence electrons. The smallest absolute Gasteiger partial charge is 0.137 e. The summed E-state index contributed by atoms with van der Waals surface area (Å²) in [6.45, 7) is 8.82. The van der Waals surface area contributed by atoms with E-state index in [1.165, 1.54) is 43.7 Å². The molecule has 0 N–H and O–H groups in total. The van der Waals surface area contributed by atoms with E-state index in [0.29, 0.717) is 11.8 Å². The summed E-state index contributed by atoms with van der Waals surface area (Å²) in [5.74, 6) is 2.75. The van der Waals surface area contributed by atoms with Crippen LogP contribution in [0.5, 0.6) is 0 Å². The van der Waals surface area contributed by atoms with E-state index in [1.807, 2.05) is 12.4 Å². The van der Waals surface area contributed by atoms with Gasteiger partial charge in [-0.25, -0.2) is 9.97 Å². The van der Waals surface area contributed by atoms with E-state index >= 15 is 0 Å². The molecular formula is C42H38N4. The average molecular weight is 599 g/mol. The van der Waals surface area contributed by atoms with E-state index in [4.69, 9.17) is 9.97 Å². The van der Waals surface area contributed by atoms with Crippen LogP contribution in [-0.2, 0) is 0 Å². The molecule has 2 unspecified atom stereocenters. The fraction of sp³-hybridized carbons (Fsp3) is 0.190. The number of aromatic nitrogens is 2. The van der Waals surface area contributed by atoms with E-state index in [-0.39, 0.29) is 0 Å². The number of benzene rings is 4. The highest BCUT2D eigenvalue weighted by Crippen LogP contribution is 2.44. The minimum atomic E-state index is 0.346. The van der Waals surface area contributed by atoms with Crippen LogP contribution in [0.25, 0.3) is 27.2 Å². The normalized spacial score (nSPS) is 17.4. The lowest BCUT2D eigenvalue weighted by Gasteiger charge is -2.33. The van der Waals surface area contributed by atoms with E-state index in [9.17, 15) is 0 Å². The highest BCUT2D eigenvalue weighted by Gasteiger charge is 2.28. The quantitative estimate of drug-likeness (QED) is 0.191. The highest BCUT2D eigenvalue weighted by molar-refractivity contribution is 6.17. The fourth-order valence-electron chi connectivity index (χ4n) is 7.19. The van der Waals surface area contributed by atoms with E-state index in [2.05, 4.69) is 147 Å². The lowest BCUT2D eigenvalue weighted by atomic mass is 9.82. The molecule has 4 aromatic carbocycles. The fourth-order valence-corrected chi connectivity index (χ4v) is 7.19. The average Bonchev–Trinajstić information content (AvgIpc) is 3.08. The molecule has 0 fully saturated rings. The second-order valence-electron chi connectivity index (χ2n) is 13.0. The van der Waals surface area contributed by atoms with Gasteiger partial charge in [-0.05, 0) is 108 Å². The van der Waals surface area contributed by atoms with Crippen molar-refractivity contribution in [2.24, 2.45) is 5.92 Å². The second kappa shape index (κ2) is 11.3. The molecule has 0 aliphatic heterocycles. The summed E-state index contributed by atoms with van der Waals surface area (Å²) in [5, 5.41) is 6.43. The molecule has 4 heteroatoms. The monoisotopic (exact) mass is 598 g/mol. The van der Waals surface area contributed by atoms with Gasteiger partial charge in [0.05, 0.1) is 5.69 Å². The SMILES string of the molecule is Cc1ccc(N(C2=c3ccc4ccc(N(C5=CCC(C)C=C5)c5ccc(C)cn5)c5ccc(c3c45)C(C)C2)c2ccccc2)nc1. The van der Waals surface area contributed by atoms with Crippen LogP contribution in [0.1, 0.15) is 49.3 Å². The molecular weight excluding hydrogens is 560 g/mol. The highest BCUT2D eigenvalue weighted by atomic mass is 15.2. The van der Waals surface area contributed by atoms with Gasteiger partial charge in [-0.15, -0.1) is 0 Å². The van der Waals surface area contributed by atoms with Gasteiger partial charge in [0.2, 0.25) is 0 Å². The second-order valence-corrected chi connectivity index (χ2v) is 13.0. The summed E-state index contributed by atoms with van der Waals surface area (Å²) >= 11 is 0. The Bertz CT molecular complexity index is 2200. The van der Waals surface area contributed by atoms with E-state index < -0.39 is 0 Å². The Morgan fingerprint density at radius 3 is 2.09 bits per heavy atom. The zero-order valence-electron chi connectivity index (χ0n) is 26.9. The summed E-state index contributed by atoms with van der Waals surface area (Å²) in [6.07, 6.45) is 12.8. The molecule has 8 rings (SSSR count). The molecule has 6 aromatic rings. The standard InChI is InChI=1S/C42H38N4/c1-27-10-16-33(17-11-27)45(39-22-12-28(2)25-43-39)37-21-15-31-14-18-36-38(24-30(4)34-19-20-35(37)41(31)42(34)36)46(32-8-6-5-7-9-32)40-23-13-29(3)26-44-40/h5-10,12-23,25-27,30H,11,24H2,1-4H3. The summed E-state index contributed by atoms with van der Waals surface area (Å²) < 4.78 is 0. The van der Waals surface area contributed by atoms with Crippen LogP contribution in [-0.4, -0.2) is 9.97 Å². The number of para-hydroxylation sites is 1. The van der Waals surface area contributed by atoms with Gasteiger partial charge < -0.3 is 0 Å². The number of hydrogen-bond acceptors (Lipinski definition) is 4. The molecule has 4 nitrogen and oxygen atoms in total. The van der Waals surface area contributed by atoms with Crippen molar-refractivity contribution in [2.75, 3.05) is 9.80 Å². The van der Waals surface area contributed by atoms with Gasteiger partial charge in [0.25, 0.3) is 0 Å². The van der Waals surface area contributed by atoms with Gasteiger partial charge in [-0.2, -0.15) is 0 Å². The van der Waals surface area contributed by atoms with Crippen LogP contribution < -0.4 is 15.0 Å². The minimum Gasteiger partial charge on any atom is -0.298 e. The third kappa shape index (κ3) is 4.76. The van der Waals surface area contributed by atoms with Crippen LogP contribution in [0.4, 0.5) is 23.0 Å². The Hall–Kier alpha value is -5.22. The Balaban J connectivity index is 1.42. The first-order valence-corrected chi connectivity index (χ1v) is 16.4. The minimum absolute atomic E-state index is 0.346. The van der Waals surface area contributed by atoms with E-state index in [1.54, 1.807) is 0 Å². The molecule has 0 saturated heterocycles. The van der Waals surface area contributed by atoms with Crippen molar-refractivity contribution in [1.82, 2.24) is 9.97 Å². The van der Waals surface area contributed by atoms with Crippen LogP contribution in [0, 0.1) is 19.8 Å². The number of pyridine rings is 2. The molecule has 0 radical (unpaired) electrons. The molecule has 0 bridgehead atoms. The summed E-state index contributed by atoms with van der Waals surface area (Å²) in [4.78, 5) is 14.6. The van der Waals surface area contributed by atoms with Gasteiger partial charge in [-0.1, -0.05) is 86.7 Å². The first kappa shape index (κ1) is 28.3. The molecule has 2 heterocycles. The van der Waals surface area contributed by atoms with Crippen LogP contribution in [0.2, 0.25) is 0 Å². The maximum Gasteiger partial charge on any atom is 0.137 e. The Morgan fingerprint density at radius 2 is 1.41 bits per heavy atom. The number of anilines is 4. The summed E-state index contributed by atoms with van der Waals surface area (Å²) in [7, 11) is 0. The molecule has 2 aliphatic rings. The first-order chi connectivity index (χ1) is 22.5. The van der Waals surface area contributed by atoms with Crippen LogP contribution >= 0.6 is 0 Å². The number of aryl methyl sites for hydroxylation is 2. The molecule has 2 aromatic heterocycles. The zero-order chi connectivity index (χ0) is 31.4. The zero-order valence-corrected chi connectivity index (χ0v) is 26.9. The maximum atomic E-state index is 4.93. The summed E-state index contributed by atoms with van der Waals surface area (Å²) in [5.41, 5.74) is 8.44. The van der Waals surface area contributed by atoms with Crippen molar-refractivity contribution < 1.29 is 0 Å². The van der Waals surface area contributed by atoms with Crippen molar-refractivity contribution in [3.63, 3.8) is 0 Å². The largest absolute Gasteiger partial charge is 0.298 e. The molecule has 2 atom stereocenters. The molecule has 0 spiro atoms. The molecule has 0 amide bonds. The van der Waals surface area contributed by atoms with Gasteiger partial charge in [0.1, 0.15) is 11.6 Å². The predicted molar refractivity (Wildman–Crippen MR) is 193 cm³/mol. The van der Waals surface area contributed by atoms with Gasteiger partial charge in [0, 0.05) is 40.1 Å². The lowest BCUT2D eigenvalue weighted by molar-refractivity contribution is 0.728. The third-order valence-corrected chi connectivity index (χ3v) is 9.59. The van der Waals surface area contributed by atoms with Crippen molar-refractivity contribution in [2.45, 2.75) is 46.5 Å². The number of nitrogens with zero attached hydrogens (tertiary/aromatic N) is 4. The predicted octanol–water partition coefficient (Wildman–Crippen LogP) is 10.2. The van der Waals surface area contributed by atoms with Crippen molar-refractivity contribution >= 4 is 50.3 Å². The lowest BCUT2D eigenvalue weighted by Crippen LogP contribution is -2.28.